The Morgan fingerprint density at radius 3 is 2.41 bits per heavy atom. The number of nitrogens with two attached hydrogens (primary N) is 1. The van der Waals surface area contributed by atoms with Gasteiger partial charge in [-0.3, -0.25) is 4.99 Å². The van der Waals surface area contributed by atoms with Gasteiger partial charge in [-0.15, -0.1) is 0 Å². The maximum atomic E-state index is 12.1. The number of sulfonamides is 1. The van der Waals surface area contributed by atoms with Gasteiger partial charge in [0.15, 0.2) is 5.96 Å². The largest absolute Gasteiger partial charge is 0.457 e. The van der Waals surface area contributed by atoms with Crippen molar-refractivity contribution in [3.05, 3.63) is 54.6 Å². The number of benzene rings is 2. The highest BCUT2D eigenvalue weighted by Gasteiger charge is 2.17. The molecule has 0 atom stereocenters. The summed E-state index contributed by atoms with van der Waals surface area (Å²) < 4.78 is 31.4. The van der Waals surface area contributed by atoms with Crippen LogP contribution >= 0.6 is 0 Å². The fraction of sp³-hybridized carbons (Fsp3) is 0.316. The Morgan fingerprint density at radius 2 is 1.74 bits per heavy atom. The smallest absolute Gasteiger partial charge is 0.215 e. The Balaban J connectivity index is 1.94. The highest BCUT2D eigenvalue weighted by atomic mass is 32.2. The van der Waals surface area contributed by atoms with Crippen LogP contribution in [0.4, 0.5) is 5.69 Å². The maximum absolute atomic E-state index is 12.1. The molecule has 2 aromatic rings. The lowest BCUT2D eigenvalue weighted by molar-refractivity contribution is 0.445. The van der Waals surface area contributed by atoms with E-state index >= 15 is 0 Å². The van der Waals surface area contributed by atoms with Crippen molar-refractivity contribution in [3.63, 3.8) is 0 Å². The number of nitrogens with zero attached hydrogens (tertiary/aromatic N) is 2. The molecule has 0 aromatic heterocycles. The van der Waals surface area contributed by atoms with Crippen molar-refractivity contribution in [2.75, 3.05) is 30.7 Å². The van der Waals surface area contributed by atoms with Gasteiger partial charge in [-0.2, -0.15) is 0 Å². The zero-order chi connectivity index (χ0) is 19.7. The van der Waals surface area contributed by atoms with Gasteiger partial charge in [0.25, 0.3) is 0 Å². The summed E-state index contributed by atoms with van der Waals surface area (Å²) in [5, 5.41) is 2.95. The molecule has 0 bridgehead atoms. The van der Waals surface area contributed by atoms with Crippen LogP contribution in [0.3, 0.4) is 0 Å². The molecule has 2 rings (SSSR count). The molecule has 0 radical (unpaired) electrons. The molecule has 7 nitrogen and oxygen atoms in total. The Labute approximate surface area is 160 Å². The molecule has 2 aromatic carbocycles. The third kappa shape index (κ3) is 6.58. The van der Waals surface area contributed by atoms with Crippen molar-refractivity contribution in [3.8, 4) is 11.5 Å². The normalized spacial score (nSPS) is 12.2. The van der Waals surface area contributed by atoms with E-state index in [1.54, 1.807) is 6.07 Å². The van der Waals surface area contributed by atoms with Crippen LogP contribution in [-0.2, 0) is 10.0 Å². The number of anilines is 1. The number of nitrogens with one attached hydrogen (secondary N) is 1. The fourth-order valence-corrected chi connectivity index (χ4v) is 3.84. The minimum Gasteiger partial charge on any atom is -0.457 e. The van der Waals surface area contributed by atoms with Crippen LogP contribution in [0, 0.1) is 0 Å². The van der Waals surface area contributed by atoms with E-state index in [4.69, 9.17) is 10.5 Å². The van der Waals surface area contributed by atoms with E-state index in [0.717, 1.165) is 5.75 Å². The van der Waals surface area contributed by atoms with Crippen molar-refractivity contribution in [2.45, 2.75) is 13.8 Å². The lowest BCUT2D eigenvalue weighted by Crippen LogP contribution is -2.34. The Bertz CT molecular complexity index is 850. The quantitative estimate of drug-likeness (QED) is 0.507. The van der Waals surface area contributed by atoms with Crippen LogP contribution in [0.15, 0.2) is 59.6 Å². The van der Waals surface area contributed by atoms with E-state index in [9.17, 15) is 8.42 Å². The van der Waals surface area contributed by atoms with Gasteiger partial charge in [0.2, 0.25) is 10.0 Å². The van der Waals surface area contributed by atoms with Gasteiger partial charge >= 0.3 is 0 Å². The van der Waals surface area contributed by atoms with Crippen molar-refractivity contribution in [1.29, 1.82) is 0 Å². The monoisotopic (exact) mass is 390 g/mol. The molecule has 0 aliphatic rings. The summed E-state index contributed by atoms with van der Waals surface area (Å²) in [5.74, 6) is 1.47. The molecular formula is C19H26N4O3S. The van der Waals surface area contributed by atoms with Gasteiger partial charge in [0, 0.05) is 24.8 Å². The number of hydrogen-bond acceptors (Lipinski definition) is 4. The van der Waals surface area contributed by atoms with Gasteiger partial charge in [-0.05, 0) is 24.3 Å². The highest BCUT2D eigenvalue weighted by molar-refractivity contribution is 7.89. The Kier molecular flexibility index (Phi) is 7.63. The van der Waals surface area contributed by atoms with Crippen molar-refractivity contribution >= 4 is 21.7 Å². The number of para-hydroxylation sites is 1. The fourth-order valence-electron chi connectivity index (χ4n) is 2.48. The lowest BCUT2D eigenvalue weighted by Gasteiger charge is -2.17. The van der Waals surface area contributed by atoms with Gasteiger partial charge in [-0.25, -0.2) is 12.7 Å². The summed E-state index contributed by atoms with van der Waals surface area (Å²) in [6, 6.07) is 16.7. The molecule has 27 heavy (non-hydrogen) atoms. The van der Waals surface area contributed by atoms with Crippen LogP contribution < -0.4 is 15.8 Å². The Hall–Kier alpha value is -2.58. The second kappa shape index (κ2) is 9.94. The van der Waals surface area contributed by atoms with E-state index in [1.165, 1.54) is 4.31 Å². The van der Waals surface area contributed by atoms with Crippen molar-refractivity contribution in [1.82, 2.24) is 4.31 Å². The third-order valence-corrected chi connectivity index (χ3v) is 5.82. The summed E-state index contributed by atoms with van der Waals surface area (Å²) in [6.45, 7) is 4.61. The first kappa shape index (κ1) is 20.7. The van der Waals surface area contributed by atoms with E-state index < -0.39 is 10.0 Å². The summed E-state index contributed by atoms with van der Waals surface area (Å²) in [5.41, 5.74) is 6.57. The Morgan fingerprint density at radius 1 is 1.07 bits per heavy atom. The average molecular weight is 391 g/mol. The highest BCUT2D eigenvalue weighted by Crippen LogP contribution is 2.23. The van der Waals surface area contributed by atoms with Crippen LogP contribution in [0.5, 0.6) is 11.5 Å². The predicted molar refractivity (Wildman–Crippen MR) is 110 cm³/mol. The first-order valence-corrected chi connectivity index (χ1v) is 10.4. The standard InChI is InChI=1S/C19H26N4O3S/c1-3-23(4-2)27(24,25)14-13-21-19(20)22-16-9-8-12-18(15-16)26-17-10-6-5-7-11-17/h5-12,15H,3-4,13-14H2,1-2H3,(H3,20,21,22). The third-order valence-electron chi connectivity index (χ3n) is 3.82. The topological polar surface area (TPSA) is 97.0 Å². The van der Waals surface area contributed by atoms with Crippen LogP contribution in [0.2, 0.25) is 0 Å². The van der Waals surface area contributed by atoms with Gasteiger partial charge < -0.3 is 15.8 Å². The van der Waals surface area contributed by atoms with Gasteiger partial charge in [-0.1, -0.05) is 38.1 Å². The first-order chi connectivity index (χ1) is 12.9. The molecule has 0 spiro atoms. The average Bonchev–Trinajstić information content (AvgIpc) is 2.63. The molecule has 0 unspecified atom stereocenters. The minimum absolute atomic E-state index is 0.0752. The minimum atomic E-state index is -3.31. The zero-order valence-electron chi connectivity index (χ0n) is 15.6. The van der Waals surface area contributed by atoms with E-state index in [-0.39, 0.29) is 18.3 Å². The second-order valence-electron chi connectivity index (χ2n) is 5.74. The van der Waals surface area contributed by atoms with Crippen molar-refractivity contribution in [2.24, 2.45) is 10.7 Å². The predicted octanol–water partition coefficient (Wildman–Crippen LogP) is 2.88. The number of guanidine groups is 1. The van der Waals surface area contributed by atoms with Gasteiger partial charge in [0.05, 0.1) is 12.3 Å². The van der Waals surface area contributed by atoms with Crippen molar-refractivity contribution < 1.29 is 13.2 Å². The van der Waals surface area contributed by atoms with E-state index in [0.29, 0.717) is 24.5 Å². The number of aliphatic imine (C=N–C) groups is 1. The molecule has 0 fully saturated rings. The van der Waals surface area contributed by atoms with Gasteiger partial charge in [0.1, 0.15) is 11.5 Å². The first-order valence-electron chi connectivity index (χ1n) is 8.82. The van der Waals surface area contributed by atoms with E-state index in [2.05, 4.69) is 10.3 Å². The van der Waals surface area contributed by atoms with Crippen LogP contribution in [-0.4, -0.2) is 44.1 Å². The lowest BCUT2D eigenvalue weighted by atomic mass is 10.3. The molecule has 0 saturated carbocycles. The molecule has 8 heteroatoms. The summed E-state index contributed by atoms with van der Waals surface area (Å²) in [6.07, 6.45) is 0. The molecule has 3 N–H and O–H groups in total. The SMILES string of the molecule is CCN(CC)S(=O)(=O)CCN=C(N)Nc1cccc(Oc2ccccc2)c1. The second-order valence-corrected chi connectivity index (χ2v) is 7.82. The zero-order valence-corrected chi connectivity index (χ0v) is 16.4. The van der Waals surface area contributed by atoms with E-state index in [1.807, 2.05) is 62.4 Å². The maximum Gasteiger partial charge on any atom is 0.215 e. The summed E-state index contributed by atoms with van der Waals surface area (Å²) in [4.78, 5) is 4.11. The summed E-state index contributed by atoms with van der Waals surface area (Å²) in [7, 11) is -3.31. The number of ether oxygens (including phenoxy) is 1. The molecule has 0 heterocycles. The van der Waals surface area contributed by atoms with Crippen LogP contribution in [0.1, 0.15) is 13.8 Å². The molecule has 146 valence electrons. The molecule has 0 aliphatic heterocycles. The molecule has 0 amide bonds. The molecular weight excluding hydrogens is 364 g/mol. The summed E-state index contributed by atoms with van der Waals surface area (Å²) >= 11 is 0. The number of rotatable bonds is 9. The number of hydrogen-bond donors (Lipinski definition) is 2. The molecule has 0 aliphatic carbocycles. The van der Waals surface area contributed by atoms with Crippen LogP contribution in [0.25, 0.3) is 0 Å². The molecule has 0 saturated heterocycles.